The summed E-state index contributed by atoms with van der Waals surface area (Å²) in [4.78, 5) is 36.0. The van der Waals surface area contributed by atoms with Crippen LogP contribution in [0.25, 0.3) is 0 Å². The van der Waals surface area contributed by atoms with Crippen LogP contribution in [0.4, 0.5) is 13.2 Å². The van der Waals surface area contributed by atoms with Gasteiger partial charge >= 0.3 is 12.1 Å². The summed E-state index contributed by atoms with van der Waals surface area (Å²) in [7, 11) is 1.12. The van der Waals surface area contributed by atoms with Gasteiger partial charge in [0.2, 0.25) is 0 Å². The van der Waals surface area contributed by atoms with Gasteiger partial charge < -0.3 is 10.1 Å². The SMILES string of the molecule is COC(=O)[C@@H](NC(=O)c1ccccc1C(F)(F)F)[C@@H]1CCCC(=O)C1. The van der Waals surface area contributed by atoms with Crippen LogP contribution in [0, 0.1) is 5.92 Å². The first kappa shape index (κ1) is 19.0. The van der Waals surface area contributed by atoms with Crippen molar-refractivity contribution in [1.29, 1.82) is 0 Å². The van der Waals surface area contributed by atoms with E-state index in [0.717, 1.165) is 19.2 Å². The van der Waals surface area contributed by atoms with Crippen molar-refractivity contribution in [3.63, 3.8) is 0 Å². The molecule has 1 aliphatic rings. The zero-order valence-corrected chi connectivity index (χ0v) is 13.6. The van der Waals surface area contributed by atoms with Crippen molar-refractivity contribution in [2.75, 3.05) is 7.11 Å². The third-order valence-electron chi connectivity index (χ3n) is 4.21. The molecule has 0 aromatic heterocycles. The minimum atomic E-state index is -4.70. The fourth-order valence-electron chi connectivity index (χ4n) is 2.99. The topological polar surface area (TPSA) is 72.5 Å². The number of carbonyl (C=O) groups excluding carboxylic acids is 3. The Balaban J connectivity index is 2.26. The fraction of sp³-hybridized carbons (Fsp3) is 0.471. The van der Waals surface area contributed by atoms with E-state index >= 15 is 0 Å². The van der Waals surface area contributed by atoms with Crippen molar-refractivity contribution in [1.82, 2.24) is 5.32 Å². The van der Waals surface area contributed by atoms with Crippen LogP contribution in [-0.4, -0.2) is 30.8 Å². The fourth-order valence-corrected chi connectivity index (χ4v) is 2.99. The maximum atomic E-state index is 13.1. The Morgan fingerprint density at radius 1 is 1.28 bits per heavy atom. The molecule has 25 heavy (non-hydrogen) atoms. The number of hydrogen-bond donors (Lipinski definition) is 1. The first-order chi connectivity index (χ1) is 11.7. The van der Waals surface area contributed by atoms with Crippen molar-refractivity contribution in [2.24, 2.45) is 5.92 Å². The Kier molecular flexibility index (Phi) is 5.81. The lowest BCUT2D eigenvalue weighted by atomic mass is 9.83. The molecule has 1 aromatic rings. The number of esters is 1. The van der Waals surface area contributed by atoms with E-state index in [1.807, 2.05) is 0 Å². The summed E-state index contributed by atoms with van der Waals surface area (Å²) >= 11 is 0. The molecule has 0 aliphatic heterocycles. The molecule has 0 spiro atoms. The lowest BCUT2D eigenvalue weighted by Gasteiger charge is -2.28. The number of alkyl halides is 3. The second-order valence-corrected chi connectivity index (χ2v) is 5.91. The maximum Gasteiger partial charge on any atom is 0.417 e. The maximum absolute atomic E-state index is 13.1. The molecule has 2 rings (SSSR count). The number of hydrogen-bond acceptors (Lipinski definition) is 4. The van der Waals surface area contributed by atoms with Gasteiger partial charge in [0.25, 0.3) is 5.91 Å². The molecule has 0 saturated heterocycles. The Morgan fingerprint density at radius 2 is 1.96 bits per heavy atom. The van der Waals surface area contributed by atoms with Crippen molar-refractivity contribution in [3.05, 3.63) is 35.4 Å². The minimum Gasteiger partial charge on any atom is -0.467 e. The summed E-state index contributed by atoms with van der Waals surface area (Å²) in [6.07, 6.45) is -3.15. The summed E-state index contributed by atoms with van der Waals surface area (Å²) in [5.74, 6) is -2.34. The van der Waals surface area contributed by atoms with Crippen LogP contribution in [0.2, 0.25) is 0 Å². The average Bonchev–Trinajstić information content (AvgIpc) is 2.58. The largest absolute Gasteiger partial charge is 0.467 e. The van der Waals surface area contributed by atoms with Crippen LogP contribution in [0.1, 0.15) is 41.6 Å². The number of methoxy groups -OCH3 is 1. The van der Waals surface area contributed by atoms with Crippen molar-refractivity contribution >= 4 is 17.7 Å². The van der Waals surface area contributed by atoms with Gasteiger partial charge in [0.05, 0.1) is 18.2 Å². The highest BCUT2D eigenvalue weighted by Crippen LogP contribution is 2.32. The van der Waals surface area contributed by atoms with Gasteiger partial charge in [-0.2, -0.15) is 13.2 Å². The number of ketones is 1. The summed E-state index contributed by atoms with van der Waals surface area (Å²) in [6.45, 7) is 0. The monoisotopic (exact) mass is 357 g/mol. The van der Waals surface area contributed by atoms with Gasteiger partial charge in [-0.3, -0.25) is 9.59 Å². The van der Waals surface area contributed by atoms with Gasteiger partial charge in [0.15, 0.2) is 0 Å². The Morgan fingerprint density at radius 3 is 2.56 bits per heavy atom. The molecule has 5 nitrogen and oxygen atoms in total. The normalized spacial score (nSPS) is 19.2. The number of ether oxygens (including phenoxy) is 1. The second kappa shape index (κ2) is 7.67. The highest BCUT2D eigenvalue weighted by Gasteiger charge is 2.38. The lowest BCUT2D eigenvalue weighted by molar-refractivity contribution is -0.145. The van der Waals surface area contributed by atoms with Crippen molar-refractivity contribution in [3.8, 4) is 0 Å². The summed E-state index contributed by atoms with van der Waals surface area (Å²) in [5.41, 5.74) is -1.66. The molecular formula is C17H18F3NO4. The van der Waals surface area contributed by atoms with Gasteiger partial charge in [-0.1, -0.05) is 12.1 Å². The molecular weight excluding hydrogens is 339 g/mol. The first-order valence-corrected chi connectivity index (χ1v) is 7.80. The Hall–Kier alpha value is -2.38. The molecule has 0 heterocycles. The van der Waals surface area contributed by atoms with E-state index in [2.05, 4.69) is 10.1 Å². The molecule has 0 bridgehead atoms. The number of rotatable bonds is 4. The second-order valence-electron chi connectivity index (χ2n) is 5.91. The smallest absolute Gasteiger partial charge is 0.417 e. The lowest BCUT2D eigenvalue weighted by Crippen LogP contribution is -2.48. The van der Waals surface area contributed by atoms with E-state index in [-0.39, 0.29) is 12.2 Å². The van der Waals surface area contributed by atoms with E-state index in [1.54, 1.807) is 0 Å². The third kappa shape index (κ3) is 4.58. The zero-order chi connectivity index (χ0) is 18.6. The van der Waals surface area contributed by atoms with Gasteiger partial charge in [-0.25, -0.2) is 4.79 Å². The summed E-state index contributed by atoms with van der Waals surface area (Å²) in [6, 6.07) is 3.16. The average molecular weight is 357 g/mol. The van der Waals surface area contributed by atoms with Gasteiger partial charge in [-0.05, 0) is 30.9 Å². The predicted molar refractivity (Wildman–Crippen MR) is 81.7 cm³/mol. The molecule has 0 unspecified atom stereocenters. The van der Waals surface area contributed by atoms with Gasteiger partial charge in [-0.15, -0.1) is 0 Å². The number of halogens is 3. The Bertz CT molecular complexity index is 672. The molecule has 1 aromatic carbocycles. The van der Waals surface area contributed by atoms with Crippen LogP contribution in [0.3, 0.4) is 0 Å². The molecule has 1 fully saturated rings. The molecule has 136 valence electrons. The minimum absolute atomic E-state index is 0.0462. The van der Waals surface area contributed by atoms with E-state index < -0.39 is 41.1 Å². The molecule has 1 saturated carbocycles. The van der Waals surface area contributed by atoms with Gasteiger partial charge in [0, 0.05) is 12.8 Å². The molecule has 1 amide bonds. The Labute approximate surface area is 142 Å². The van der Waals surface area contributed by atoms with E-state index in [4.69, 9.17) is 0 Å². The summed E-state index contributed by atoms with van der Waals surface area (Å²) < 4.78 is 43.8. The number of amides is 1. The van der Waals surface area contributed by atoms with Gasteiger partial charge in [0.1, 0.15) is 11.8 Å². The predicted octanol–water partition coefficient (Wildman–Crippen LogP) is 2.74. The summed E-state index contributed by atoms with van der Waals surface area (Å²) in [5, 5.41) is 2.32. The molecule has 0 radical (unpaired) electrons. The zero-order valence-electron chi connectivity index (χ0n) is 13.6. The third-order valence-corrected chi connectivity index (χ3v) is 4.21. The number of benzene rings is 1. The first-order valence-electron chi connectivity index (χ1n) is 7.80. The number of nitrogens with one attached hydrogen (secondary N) is 1. The van der Waals surface area contributed by atoms with Crippen LogP contribution >= 0.6 is 0 Å². The highest BCUT2D eigenvalue weighted by atomic mass is 19.4. The molecule has 1 N–H and O–H groups in total. The number of Topliss-reactive ketones (excluding diaryl/α,β-unsaturated/α-hetero) is 1. The molecule has 1 aliphatic carbocycles. The van der Waals surface area contributed by atoms with Crippen LogP contribution in [0.5, 0.6) is 0 Å². The van der Waals surface area contributed by atoms with Crippen molar-refractivity contribution in [2.45, 2.75) is 37.9 Å². The van der Waals surface area contributed by atoms with E-state index in [1.165, 1.54) is 12.1 Å². The molecule has 2 atom stereocenters. The molecule has 8 heteroatoms. The van der Waals surface area contributed by atoms with Crippen LogP contribution in [0.15, 0.2) is 24.3 Å². The van der Waals surface area contributed by atoms with E-state index in [9.17, 15) is 27.6 Å². The standard InChI is InChI=1S/C17H18F3NO4/c1-25-16(24)14(10-5-4-6-11(22)9-10)21-15(23)12-7-2-3-8-13(12)17(18,19)20/h2-3,7-8,10,14H,4-6,9H2,1H3,(H,21,23)/t10-,14+/m1/s1. The number of carbonyl (C=O) groups is 3. The van der Waals surface area contributed by atoms with Crippen LogP contribution in [-0.2, 0) is 20.5 Å². The van der Waals surface area contributed by atoms with E-state index in [0.29, 0.717) is 19.3 Å². The highest BCUT2D eigenvalue weighted by molar-refractivity contribution is 5.98. The quantitative estimate of drug-likeness (QED) is 0.841. The van der Waals surface area contributed by atoms with Crippen LogP contribution < -0.4 is 5.32 Å². The van der Waals surface area contributed by atoms with Crippen molar-refractivity contribution < 1.29 is 32.3 Å².